The van der Waals surface area contributed by atoms with Gasteiger partial charge in [0.25, 0.3) is 0 Å². The number of nitrogens with two attached hydrogens (primary N) is 2. The normalized spacial score (nSPS) is 18.4. The van der Waals surface area contributed by atoms with Gasteiger partial charge >= 0.3 is 0 Å². The van der Waals surface area contributed by atoms with Crippen LogP contribution in [0, 0.1) is 0 Å². The molecular weight excluding hydrogens is 178 g/mol. The minimum atomic E-state index is -0.632. The maximum Gasteiger partial charge on any atom is 0.241 e. The molecule has 0 radical (unpaired) electrons. The number of allylic oxidation sites excluding steroid dienone is 1. The summed E-state index contributed by atoms with van der Waals surface area (Å²) in [6.07, 6.45) is 5.35. The summed E-state index contributed by atoms with van der Waals surface area (Å²) in [6.45, 7) is 3.57. The fourth-order valence-electron chi connectivity index (χ4n) is 1.39. The monoisotopic (exact) mass is 197 g/mol. The molecule has 0 saturated heterocycles. The van der Waals surface area contributed by atoms with E-state index in [1.165, 1.54) is 12.0 Å². The van der Waals surface area contributed by atoms with E-state index >= 15 is 0 Å². The van der Waals surface area contributed by atoms with E-state index in [1.807, 2.05) is 6.20 Å². The van der Waals surface area contributed by atoms with Gasteiger partial charge in [0.05, 0.1) is 0 Å². The molecule has 1 amide bonds. The number of amides is 1. The zero-order valence-electron chi connectivity index (χ0n) is 8.84. The average molecular weight is 197 g/mol. The van der Waals surface area contributed by atoms with Crippen LogP contribution in [0.5, 0.6) is 0 Å². The summed E-state index contributed by atoms with van der Waals surface area (Å²) >= 11 is 0. The molecule has 0 spiro atoms. The second-order valence-corrected chi connectivity index (χ2v) is 4.48. The van der Waals surface area contributed by atoms with Crippen molar-refractivity contribution in [2.75, 3.05) is 0 Å². The molecule has 0 bridgehead atoms. The predicted molar refractivity (Wildman–Crippen MR) is 56.3 cm³/mol. The van der Waals surface area contributed by atoms with E-state index < -0.39 is 17.5 Å². The van der Waals surface area contributed by atoms with Gasteiger partial charge in [-0.15, -0.1) is 0 Å². The number of hydrogen-bond acceptors (Lipinski definition) is 3. The van der Waals surface area contributed by atoms with E-state index in [0.717, 1.165) is 12.8 Å². The molecule has 0 heterocycles. The van der Waals surface area contributed by atoms with E-state index in [2.05, 4.69) is 5.32 Å². The van der Waals surface area contributed by atoms with Crippen molar-refractivity contribution in [1.29, 1.82) is 0 Å². The van der Waals surface area contributed by atoms with Crippen LogP contribution in [0.4, 0.5) is 0 Å². The summed E-state index contributed by atoms with van der Waals surface area (Å²) < 4.78 is 0. The summed E-state index contributed by atoms with van der Waals surface area (Å²) in [7, 11) is 0. The van der Waals surface area contributed by atoms with Gasteiger partial charge in [0.15, 0.2) is 0 Å². The first kappa shape index (κ1) is 11.0. The van der Waals surface area contributed by atoms with Crippen LogP contribution in [-0.2, 0) is 4.79 Å². The number of carbonyl (C=O) groups is 1. The Balaban J connectivity index is 2.56. The van der Waals surface area contributed by atoms with E-state index in [1.54, 1.807) is 13.8 Å². The van der Waals surface area contributed by atoms with Gasteiger partial charge < -0.3 is 16.8 Å². The molecular formula is C10H19N3O. The first-order valence-electron chi connectivity index (χ1n) is 4.93. The van der Waals surface area contributed by atoms with Crippen molar-refractivity contribution in [3.8, 4) is 0 Å². The van der Waals surface area contributed by atoms with Crippen molar-refractivity contribution in [3.63, 3.8) is 0 Å². The summed E-state index contributed by atoms with van der Waals surface area (Å²) in [4.78, 5) is 11.1. The van der Waals surface area contributed by atoms with Gasteiger partial charge in [0.1, 0.15) is 6.04 Å². The topological polar surface area (TPSA) is 81.1 Å². The number of rotatable bonds is 4. The van der Waals surface area contributed by atoms with Crippen molar-refractivity contribution in [2.24, 2.45) is 11.5 Å². The Bertz CT molecular complexity index is 247. The standard InChI is InChI=1S/C10H19N3O/c1-10(2,12)8(9(11)14)13-6-7-4-3-5-7/h6,8,13H,3-5,12H2,1-2H3,(H2,11,14). The Morgan fingerprint density at radius 1 is 1.57 bits per heavy atom. The highest BCUT2D eigenvalue weighted by atomic mass is 16.1. The maximum absolute atomic E-state index is 11.1. The van der Waals surface area contributed by atoms with E-state index in [9.17, 15) is 4.79 Å². The second-order valence-electron chi connectivity index (χ2n) is 4.48. The number of nitrogens with one attached hydrogen (secondary N) is 1. The third-order valence-electron chi connectivity index (χ3n) is 2.48. The largest absolute Gasteiger partial charge is 0.378 e. The molecule has 1 unspecified atom stereocenters. The van der Waals surface area contributed by atoms with Crippen LogP contribution in [-0.4, -0.2) is 17.5 Å². The Kier molecular flexibility index (Phi) is 3.16. The van der Waals surface area contributed by atoms with E-state index in [0.29, 0.717) is 0 Å². The minimum Gasteiger partial charge on any atom is -0.378 e. The van der Waals surface area contributed by atoms with Crippen LogP contribution < -0.4 is 16.8 Å². The van der Waals surface area contributed by atoms with Crippen LogP contribution in [0.1, 0.15) is 33.1 Å². The van der Waals surface area contributed by atoms with Crippen molar-refractivity contribution in [2.45, 2.75) is 44.7 Å². The van der Waals surface area contributed by atoms with Crippen molar-refractivity contribution < 1.29 is 4.79 Å². The van der Waals surface area contributed by atoms with Crippen molar-refractivity contribution in [1.82, 2.24) is 5.32 Å². The smallest absolute Gasteiger partial charge is 0.241 e. The third kappa shape index (κ3) is 2.73. The first-order valence-corrected chi connectivity index (χ1v) is 4.93. The molecule has 1 atom stereocenters. The zero-order valence-corrected chi connectivity index (χ0v) is 8.84. The van der Waals surface area contributed by atoms with Gasteiger partial charge in [-0.05, 0) is 39.3 Å². The SMILES string of the molecule is CC(C)(N)C(NC=C1CCC1)C(N)=O. The molecule has 14 heavy (non-hydrogen) atoms. The summed E-state index contributed by atoms with van der Waals surface area (Å²) in [6, 6.07) is -0.504. The Hall–Kier alpha value is -1.03. The molecule has 1 rings (SSSR count). The zero-order chi connectivity index (χ0) is 10.8. The van der Waals surface area contributed by atoms with Crippen LogP contribution in [0.2, 0.25) is 0 Å². The Labute approximate surface area is 84.7 Å². The van der Waals surface area contributed by atoms with Gasteiger partial charge in [0, 0.05) is 5.54 Å². The molecule has 80 valence electrons. The average Bonchev–Trinajstić information content (AvgIpc) is 1.90. The van der Waals surface area contributed by atoms with Gasteiger partial charge in [-0.1, -0.05) is 5.57 Å². The number of carbonyl (C=O) groups excluding carboxylic acids is 1. The van der Waals surface area contributed by atoms with Crippen molar-refractivity contribution in [3.05, 3.63) is 11.8 Å². The van der Waals surface area contributed by atoms with Crippen LogP contribution in [0.25, 0.3) is 0 Å². The molecule has 0 aromatic carbocycles. The van der Waals surface area contributed by atoms with Gasteiger partial charge in [0.2, 0.25) is 5.91 Å². The lowest BCUT2D eigenvalue weighted by molar-refractivity contribution is -0.121. The Morgan fingerprint density at radius 3 is 2.43 bits per heavy atom. The van der Waals surface area contributed by atoms with E-state index in [4.69, 9.17) is 11.5 Å². The fraction of sp³-hybridized carbons (Fsp3) is 0.700. The molecule has 4 nitrogen and oxygen atoms in total. The fourth-order valence-corrected chi connectivity index (χ4v) is 1.39. The molecule has 1 aliphatic carbocycles. The highest BCUT2D eigenvalue weighted by Gasteiger charge is 2.29. The lowest BCUT2D eigenvalue weighted by Crippen LogP contribution is -2.58. The second kappa shape index (κ2) is 4.00. The molecule has 4 heteroatoms. The lowest BCUT2D eigenvalue weighted by atomic mass is 9.92. The number of primary amides is 1. The van der Waals surface area contributed by atoms with Crippen LogP contribution in [0.15, 0.2) is 11.8 Å². The van der Waals surface area contributed by atoms with Gasteiger partial charge in [-0.3, -0.25) is 4.79 Å². The molecule has 0 aromatic heterocycles. The molecule has 1 aliphatic rings. The predicted octanol–water partition coefficient (Wildman–Crippen LogP) is 0.235. The summed E-state index contributed by atoms with van der Waals surface area (Å²) in [5.41, 5.74) is 11.8. The Morgan fingerprint density at radius 2 is 2.14 bits per heavy atom. The minimum absolute atomic E-state index is 0.409. The van der Waals surface area contributed by atoms with Gasteiger partial charge in [-0.25, -0.2) is 0 Å². The van der Waals surface area contributed by atoms with E-state index in [-0.39, 0.29) is 0 Å². The molecule has 0 aliphatic heterocycles. The number of hydrogen-bond donors (Lipinski definition) is 3. The molecule has 1 fully saturated rings. The first-order chi connectivity index (χ1) is 6.41. The quantitative estimate of drug-likeness (QED) is 0.603. The summed E-state index contributed by atoms with van der Waals surface area (Å²) in [5, 5.41) is 3.00. The third-order valence-corrected chi connectivity index (χ3v) is 2.48. The maximum atomic E-state index is 11.1. The molecule has 1 saturated carbocycles. The van der Waals surface area contributed by atoms with Gasteiger partial charge in [-0.2, -0.15) is 0 Å². The summed E-state index contributed by atoms with van der Waals surface area (Å²) in [5.74, 6) is -0.409. The molecule has 5 N–H and O–H groups in total. The molecule has 0 aromatic rings. The lowest BCUT2D eigenvalue weighted by Gasteiger charge is -2.29. The highest BCUT2D eigenvalue weighted by Crippen LogP contribution is 2.24. The van der Waals surface area contributed by atoms with Crippen molar-refractivity contribution >= 4 is 5.91 Å². The highest BCUT2D eigenvalue weighted by molar-refractivity contribution is 5.81. The van der Waals surface area contributed by atoms with Crippen LogP contribution in [0.3, 0.4) is 0 Å². The van der Waals surface area contributed by atoms with Crippen LogP contribution >= 0.6 is 0 Å².